The first-order valence-electron chi connectivity index (χ1n) is 10.7. The summed E-state index contributed by atoms with van der Waals surface area (Å²) in [6, 6.07) is 0. The minimum absolute atomic E-state index is 0.413. The number of hydrogen-bond acceptors (Lipinski definition) is 2. The molecule has 0 N–H and O–H groups in total. The van der Waals surface area contributed by atoms with E-state index in [9.17, 15) is 0 Å². The molecule has 0 aromatic carbocycles. The van der Waals surface area contributed by atoms with Crippen LogP contribution in [-0.2, 0) is 9.47 Å². The Bertz CT molecular complexity index is 492. The lowest BCUT2D eigenvalue weighted by molar-refractivity contribution is -0.976. The van der Waals surface area contributed by atoms with E-state index in [2.05, 4.69) is 33.0 Å². The highest BCUT2D eigenvalue weighted by molar-refractivity contribution is 5.09. The van der Waals surface area contributed by atoms with Crippen molar-refractivity contribution in [2.45, 2.75) is 51.5 Å². The van der Waals surface area contributed by atoms with Crippen LogP contribution in [0.25, 0.3) is 0 Å². The highest BCUT2D eigenvalue weighted by atomic mass is 16.5. The van der Waals surface area contributed by atoms with Crippen LogP contribution in [0.3, 0.4) is 0 Å². The number of quaternary nitrogens is 1. The maximum Gasteiger partial charge on any atom is 0.0965 e. The van der Waals surface area contributed by atoms with Crippen LogP contribution in [0.15, 0.2) is 12.2 Å². The number of ether oxygens (including phenoxy) is 2. The molecule has 3 heterocycles. The lowest BCUT2D eigenvalue weighted by atomic mass is 9.64. The lowest BCUT2D eigenvalue weighted by Gasteiger charge is -2.61. The van der Waals surface area contributed by atoms with Gasteiger partial charge in [0, 0.05) is 25.4 Å². The zero-order chi connectivity index (χ0) is 17.5. The maximum atomic E-state index is 5.95. The van der Waals surface area contributed by atoms with Crippen LogP contribution in [0.5, 0.6) is 0 Å². The first-order chi connectivity index (χ1) is 12.0. The van der Waals surface area contributed by atoms with Crippen molar-refractivity contribution in [3.8, 4) is 0 Å². The van der Waals surface area contributed by atoms with Gasteiger partial charge >= 0.3 is 0 Å². The van der Waals surface area contributed by atoms with E-state index in [4.69, 9.17) is 9.47 Å². The van der Waals surface area contributed by atoms with E-state index in [0.717, 1.165) is 56.0 Å². The fraction of sp³-hybridized carbons (Fsp3) is 0.909. The molecule has 0 aromatic heterocycles. The molecule has 0 radical (unpaired) electrons. The van der Waals surface area contributed by atoms with E-state index in [1.165, 1.54) is 49.7 Å². The number of piperidine rings is 3. The van der Waals surface area contributed by atoms with Crippen LogP contribution in [0.1, 0.15) is 46.0 Å². The SMILES string of the molecule is CC1(C)C(CCOCCOCC2CC3C=CC2C3)C2CC[N+]1(C)CC2. The average Bonchev–Trinajstić information content (AvgIpc) is 3.20. The smallest absolute Gasteiger partial charge is 0.0965 e. The Hall–Kier alpha value is -0.380. The van der Waals surface area contributed by atoms with Crippen LogP contribution < -0.4 is 0 Å². The van der Waals surface area contributed by atoms with Gasteiger partial charge in [-0.3, -0.25) is 0 Å². The molecule has 4 unspecified atom stereocenters. The largest absolute Gasteiger partial charge is 0.379 e. The summed E-state index contributed by atoms with van der Waals surface area (Å²) in [5, 5.41) is 0. The molecule has 3 heteroatoms. The molecule has 5 aliphatic rings. The molecule has 2 aliphatic carbocycles. The number of hydrogen-bond donors (Lipinski definition) is 0. The van der Waals surface area contributed by atoms with Gasteiger partial charge in [-0.25, -0.2) is 0 Å². The molecule has 3 aliphatic heterocycles. The molecule has 0 amide bonds. The molecule has 1 saturated carbocycles. The van der Waals surface area contributed by atoms with Gasteiger partial charge in [-0.05, 0) is 56.8 Å². The second-order valence-corrected chi connectivity index (χ2v) is 9.96. The van der Waals surface area contributed by atoms with Gasteiger partial charge in [0.25, 0.3) is 0 Å². The molecule has 3 nitrogen and oxygen atoms in total. The Morgan fingerprint density at radius 2 is 1.76 bits per heavy atom. The fourth-order valence-electron chi connectivity index (χ4n) is 6.45. The van der Waals surface area contributed by atoms with E-state index < -0.39 is 0 Å². The quantitative estimate of drug-likeness (QED) is 0.376. The average molecular weight is 349 g/mol. The zero-order valence-electron chi connectivity index (χ0n) is 16.6. The first-order valence-corrected chi connectivity index (χ1v) is 10.7. The van der Waals surface area contributed by atoms with Crippen molar-refractivity contribution in [2.75, 3.05) is 46.6 Å². The Labute approximate surface area is 154 Å². The van der Waals surface area contributed by atoms with Gasteiger partial charge in [0.2, 0.25) is 0 Å². The van der Waals surface area contributed by atoms with Gasteiger partial charge in [0.1, 0.15) is 0 Å². The Kier molecular flexibility index (Phi) is 5.02. The van der Waals surface area contributed by atoms with Gasteiger partial charge in [-0.2, -0.15) is 0 Å². The van der Waals surface area contributed by atoms with Crippen molar-refractivity contribution >= 4 is 0 Å². The third-order valence-corrected chi connectivity index (χ3v) is 8.55. The van der Waals surface area contributed by atoms with Crippen LogP contribution in [-0.4, -0.2) is 56.6 Å². The number of allylic oxidation sites excluding steroid dienone is 2. The molecule has 0 aromatic rings. The van der Waals surface area contributed by atoms with Crippen molar-refractivity contribution in [1.29, 1.82) is 0 Å². The first kappa shape index (κ1) is 18.0. The second kappa shape index (κ2) is 6.98. The second-order valence-electron chi connectivity index (χ2n) is 9.96. The highest BCUT2D eigenvalue weighted by Gasteiger charge is 2.56. The summed E-state index contributed by atoms with van der Waals surface area (Å²) in [6.07, 6.45) is 11.6. The van der Waals surface area contributed by atoms with Crippen molar-refractivity contribution in [3.63, 3.8) is 0 Å². The van der Waals surface area contributed by atoms with Gasteiger partial charge in [0.05, 0.1) is 45.5 Å². The predicted octanol–water partition coefficient (Wildman–Crippen LogP) is 3.89. The summed E-state index contributed by atoms with van der Waals surface area (Å²) in [7, 11) is 2.47. The summed E-state index contributed by atoms with van der Waals surface area (Å²) in [5.74, 6) is 4.17. The van der Waals surface area contributed by atoms with Crippen molar-refractivity contribution in [3.05, 3.63) is 12.2 Å². The topological polar surface area (TPSA) is 18.5 Å². The molecular weight excluding hydrogens is 310 g/mol. The van der Waals surface area contributed by atoms with Gasteiger partial charge in [-0.15, -0.1) is 0 Å². The van der Waals surface area contributed by atoms with E-state index in [0.29, 0.717) is 5.54 Å². The number of nitrogens with zero attached hydrogens (tertiary/aromatic N) is 1. The fourth-order valence-corrected chi connectivity index (χ4v) is 6.45. The minimum Gasteiger partial charge on any atom is -0.379 e. The van der Waals surface area contributed by atoms with Crippen LogP contribution >= 0.6 is 0 Å². The molecule has 4 atom stereocenters. The number of fused-ring (bicyclic) bond motifs is 5. The molecule has 4 fully saturated rings. The van der Waals surface area contributed by atoms with E-state index in [-0.39, 0.29) is 0 Å². The summed E-state index contributed by atoms with van der Waals surface area (Å²) >= 11 is 0. The third-order valence-electron chi connectivity index (χ3n) is 8.55. The van der Waals surface area contributed by atoms with Gasteiger partial charge < -0.3 is 14.0 Å². The van der Waals surface area contributed by atoms with Crippen LogP contribution in [0.4, 0.5) is 0 Å². The Balaban J connectivity index is 1.11. The molecule has 3 saturated heterocycles. The van der Waals surface area contributed by atoms with Crippen molar-refractivity contribution < 1.29 is 14.0 Å². The molecule has 142 valence electrons. The summed E-state index contributed by atoms with van der Waals surface area (Å²) in [4.78, 5) is 0. The number of rotatable bonds is 8. The standard InChI is InChI=1S/C22H38NO2/c1-22(2)21(18-6-9-23(22,3)10-7-18)8-11-24-12-13-25-16-20-15-17-4-5-19(20)14-17/h4-5,17-21H,6-16H2,1-3H3/q+1. The maximum absolute atomic E-state index is 5.95. The van der Waals surface area contributed by atoms with Gasteiger partial charge in [-0.1, -0.05) is 12.2 Å². The Morgan fingerprint density at radius 1 is 1.00 bits per heavy atom. The normalized spacial score (nSPS) is 43.9. The summed E-state index contributed by atoms with van der Waals surface area (Å²) < 4.78 is 13.1. The minimum atomic E-state index is 0.413. The Morgan fingerprint density at radius 3 is 2.44 bits per heavy atom. The third kappa shape index (κ3) is 3.33. The van der Waals surface area contributed by atoms with Crippen LogP contribution in [0.2, 0.25) is 0 Å². The molecule has 25 heavy (non-hydrogen) atoms. The van der Waals surface area contributed by atoms with Crippen molar-refractivity contribution in [1.82, 2.24) is 0 Å². The highest BCUT2D eigenvalue weighted by Crippen LogP contribution is 2.49. The zero-order valence-corrected chi connectivity index (χ0v) is 16.6. The summed E-state index contributed by atoms with van der Waals surface area (Å²) in [5.41, 5.74) is 0.413. The molecular formula is C22H38NO2+. The summed E-state index contributed by atoms with van der Waals surface area (Å²) in [6.45, 7) is 11.1. The van der Waals surface area contributed by atoms with Crippen molar-refractivity contribution in [2.24, 2.45) is 29.6 Å². The van der Waals surface area contributed by atoms with E-state index >= 15 is 0 Å². The molecule has 4 bridgehead atoms. The van der Waals surface area contributed by atoms with E-state index in [1.54, 1.807) is 0 Å². The predicted molar refractivity (Wildman–Crippen MR) is 101 cm³/mol. The van der Waals surface area contributed by atoms with E-state index in [1.807, 2.05) is 0 Å². The molecule has 0 spiro atoms. The monoisotopic (exact) mass is 348 g/mol. The van der Waals surface area contributed by atoms with Crippen LogP contribution in [0, 0.1) is 29.6 Å². The van der Waals surface area contributed by atoms with Gasteiger partial charge in [0.15, 0.2) is 0 Å². The lowest BCUT2D eigenvalue weighted by Crippen LogP contribution is -2.71. The molecule has 5 rings (SSSR count).